The molecular weight excluding hydrogens is 715 g/mol. The van der Waals surface area contributed by atoms with E-state index in [2.05, 4.69) is 164 Å². The molecular formula is C52H31N3OS. The lowest BCUT2D eigenvalue weighted by Crippen LogP contribution is -2.32. The van der Waals surface area contributed by atoms with Gasteiger partial charge in [-0.05, 0) is 63.7 Å². The molecule has 8 aromatic carbocycles. The van der Waals surface area contributed by atoms with Crippen LogP contribution in [0.25, 0.3) is 76.6 Å². The van der Waals surface area contributed by atoms with Crippen molar-refractivity contribution in [1.82, 2.24) is 15.0 Å². The first-order valence-corrected chi connectivity index (χ1v) is 20.0. The summed E-state index contributed by atoms with van der Waals surface area (Å²) in [5.41, 5.74) is 12.0. The van der Waals surface area contributed by atoms with Crippen LogP contribution in [0, 0.1) is 0 Å². The number of nitrogens with zero attached hydrogens (tertiary/aromatic N) is 3. The monoisotopic (exact) mass is 745 g/mol. The number of thiophene rings is 1. The van der Waals surface area contributed by atoms with E-state index in [0.29, 0.717) is 17.5 Å². The van der Waals surface area contributed by atoms with Crippen molar-refractivity contribution >= 4 is 31.5 Å². The SMILES string of the molecule is c1ccc(-c2ccc(-c3nc(-c4ccccc4)nc(-c4cccc5sc6cc7c(cc6c45)-c4ccccc4C74c5ccccc5Oc5ccccc54)n3)cc2)cc1. The second kappa shape index (κ2) is 12.4. The number of hydrogen-bond donors (Lipinski definition) is 0. The Morgan fingerprint density at radius 2 is 0.895 bits per heavy atom. The molecule has 0 unspecified atom stereocenters. The average molecular weight is 746 g/mol. The van der Waals surface area contributed by atoms with Crippen molar-refractivity contribution in [3.8, 4) is 67.9 Å². The Labute approximate surface area is 333 Å². The van der Waals surface area contributed by atoms with Crippen LogP contribution in [-0.4, -0.2) is 15.0 Å². The number of hydrogen-bond acceptors (Lipinski definition) is 5. The van der Waals surface area contributed by atoms with E-state index in [0.717, 1.165) is 39.1 Å². The van der Waals surface area contributed by atoms with Gasteiger partial charge in [0.2, 0.25) is 0 Å². The van der Waals surface area contributed by atoms with E-state index in [-0.39, 0.29) is 0 Å². The van der Waals surface area contributed by atoms with E-state index >= 15 is 0 Å². The van der Waals surface area contributed by atoms with Gasteiger partial charge in [-0.3, -0.25) is 0 Å². The Morgan fingerprint density at radius 1 is 0.368 bits per heavy atom. The maximum Gasteiger partial charge on any atom is 0.164 e. The molecule has 2 aliphatic rings. The lowest BCUT2D eigenvalue weighted by atomic mass is 9.66. The third-order valence-electron chi connectivity index (χ3n) is 11.6. The van der Waals surface area contributed by atoms with Crippen LogP contribution in [0.1, 0.15) is 22.3 Å². The molecule has 0 bridgehead atoms. The van der Waals surface area contributed by atoms with Crippen molar-refractivity contribution in [3.63, 3.8) is 0 Å². The first-order chi connectivity index (χ1) is 28.2. The molecule has 1 aliphatic heterocycles. The molecule has 0 amide bonds. The lowest BCUT2D eigenvalue weighted by Gasteiger charge is -2.39. The summed E-state index contributed by atoms with van der Waals surface area (Å²) in [6.45, 7) is 0. The zero-order valence-electron chi connectivity index (χ0n) is 30.6. The number of ether oxygens (including phenoxy) is 1. The van der Waals surface area contributed by atoms with Crippen LogP contribution in [0.2, 0.25) is 0 Å². The number of para-hydroxylation sites is 2. The van der Waals surface area contributed by atoms with Gasteiger partial charge in [0.1, 0.15) is 11.5 Å². The molecule has 0 fully saturated rings. The summed E-state index contributed by atoms with van der Waals surface area (Å²) in [6, 6.07) is 66.5. The van der Waals surface area contributed by atoms with Crippen molar-refractivity contribution in [2.45, 2.75) is 5.41 Å². The number of aromatic nitrogens is 3. The molecule has 12 rings (SSSR count). The van der Waals surface area contributed by atoms with E-state index < -0.39 is 5.41 Å². The minimum atomic E-state index is -0.520. The number of fused-ring (bicyclic) bond motifs is 12. The van der Waals surface area contributed by atoms with Gasteiger partial charge in [-0.15, -0.1) is 11.3 Å². The summed E-state index contributed by atoms with van der Waals surface area (Å²) in [6.07, 6.45) is 0. The first-order valence-electron chi connectivity index (χ1n) is 19.2. The van der Waals surface area contributed by atoms with Crippen LogP contribution in [0.4, 0.5) is 0 Å². The highest BCUT2D eigenvalue weighted by Crippen LogP contribution is 2.63. The molecule has 57 heavy (non-hydrogen) atoms. The smallest absolute Gasteiger partial charge is 0.164 e. The fourth-order valence-electron chi connectivity index (χ4n) is 9.14. The molecule has 1 aliphatic carbocycles. The Kier molecular flexibility index (Phi) is 6.98. The largest absolute Gasteiger partial charge is 0.457 e. The molecule has 10 aromatic rings. The van der Waals surface area contributed by atoms with Gasteiger partial charge >= 0.3 is 0 Å². The third-order valence-corrected chi connectivity index (χ3v) is 12.7. The maximum absolute atomic E-state index is 6.59. The summed E-state index contributed by atoms with van der Waals surface area (Å²) < 4.78 is 9.00. The minimum absolute atomic E-state index is 0.520. The summed E-state index contributed by atoms with van der Waals surface area (Å²) in [4.78, 5) is 15.5. The highest BCUT2D eigenvalue weighted by Gasteiger charge is 2.51. The second-order valence-electron chi connectivity index (χ2n) is 14.7. The fourth-order valence-corrected chi connectivity index (χ4v) is 10.3. The topological polar surface area (TPSA) is 47.9 Å². The molecule has 0 radical (unpaired) electrons. The van der Waals surface area contributed by atoms with Crippen molar-refractivity contribution in [2.75, 3.05) is 0 Å². The molecule has 0 saturated heterocycles. The summed E-state index contributed by atoms with van der Waals surface area (Å²) in [7, 11) is 0. The molecule has 2 aromatic heterocycles. The Bertz CT molecular complexity index is 3160. The van der Waals surface area contributed by atoms with Gasteiger partial charge in [0.05, 0.1) is 5.41 Å². The van der Waals surface area contributed by atoms with Crippen molar-refractivity contribution in [3.05, 3.63) is 210 Å². The molecule has 0 saturated carbocycles. The molecule has 4 nitrogen and oxygen atoms in total. The zero-order valence-corrected chi connectivity index (χ0v) is 31.4. The lowest BCUT2D eigenvalue weighted by molar-refractivity contribution is 0.436. The molecule has 5 heteroatoms. The van der Waals surface area contributed by atoms with Crippen molar-refractivity contribution < 1.29 is 4.74 Å². The standard InChI is InChI=1S/C52H31N3OS/c1-3-14-32(15-4-1)33-26-28-35(29-27-33)50-53-49(34-16-5-2-6-17-34)54-51(55-50)37-19-13-25-46-48(37)39-30-38-36-18-7-8-20-40(36)52(43(38)31-47(39)57-46)41-21-9-11-23-44(41)56-45-24-12-10-22-42(45)52/h1-31H. The zero-order chi connectivity index (χ0) is 37.5. The van der Waals surface area contributed by atoms with Gasteiger partial charge in [-0.25, -0.2) is 15.0 Å². The van der Waals surface area contributed by atoms with Crippen LogP contribution in [0.3, 0.4) is 0 Å². The summed E-state index contributed by atoms with van der Waals surface area (Å²) in [5.74, 6) is 3.73. The predicted octanol–water partition coefficient (Wildman–Crippen LogP) is 13.4. The Balaban J connectivity index is 1.09. The molecule has 266 valence electrons. The highest BCUT2D eigenvalue weighted by atomic mass is 32.1. The van der Waals surface area contributed by atoms with Gasteiger partial charge in [0.25, 0.3) is 0 Å². The second-order valence-corrected chi connectivity index (χ2v) is 15.8. The van der Waals surface area contributed by atoms with E-state index in [9.17, 15) is 0 Å². The predicted molar refractivity (Wildman–Crippen MR) is 232 cm³/mol. The maximum atomic E-state index is 6.59. The Hall–Kier alpha value is -7.21. The van der Waals surface area contributed by atoms with Gasteiger partial charge in [0, 0.05) is 48.0 Å². The number of benzene rings is 8. The first kappa shape index (κ1) is 32.1. The van der Waals surface area contributed by atoms with Crippen LogP contribution in [0.5, 0.6) is 11.5 Å². The van der Waals surface area contributed by atoms with Crippen LogP contribution < -0.4 is 4.74 Å². The van der Waals surface area contributed by atoms with Crippen LogP contribution in [0.15, 0.2) is 188 Å². The van der Waals surface area contributed by atoms with Gasteiger partial charge in [-0.2, -0.15) is 0 Å². The highest BCUT2D eigenvalue weighted by molar-refractivity contribution is 7.26. The summed E-state index contributed by atoms with van der Waals surface area (Å²) in [5, 5.41) is 2.35. The van der Waals surface area contributed by atoms with Crippen molar-refractivity contribution in [2.24, 2.45) is 0 Å². The van der Waals surface area contributed by atoms with E-state index in [1.54, 1.807) is 0 Å². The normalized spacial score (nSPS) is 13.2. The van der Waals surface area contributed by atoms with E-state index in [4.69, 9.17) is 19.7 Å². The Morgan fingerprint density at radius 3 is 1.60 bits per heavy atom. The third kappa shape index (κ3) is 4.76. The van der Waals surface area contributed by atoms with Crippen LogP contribution >= 0.6 is 11.3 Å². The van der Waals surface area contributed by atoms with E-state index in [1.807, 2.05) is 35.6 Å². The van der Waals surface area contributed by atoms with Crippen LogP contribution in [-0.2, 0) is 5.41 Å². The summed E-state index contributed by atoms with van der Waals surface area (Å²) >= 11 is 1.82. The van der Waals surface area contributed by atoms with Gasteiger partial charge in [-0.1, -0.05) is 158 Å². The number of rotatable bonds is 4. The average Bonchev–Trinajstić information content (AvgIpc) is 3.79. The molecule has 3 heterocycles. The van der Waals surface area contributed by atoms with Gasteiger partial charge < -0.3 is 4.74 Å². The minimum Gasteiger partial charge on any atom is -0.457 e. The quantitative estimate of drug-likeness (QED) is 0.180. The van der Waals surface area contributed by atoms with Gasteiger partial charge in [0.15, 0.2) is 17.5 Å². The molecule has 0 atom stereocenters. The fraction of sp³-hybridized carbons (Fsp3) is 0.0192. The van der Waals surface area contributed by atoms with E-state index in [1.165, 1.54) is 53.7 Å². The van der Waals surface area contributed by atoms with Crippen molar-refractivity contribution in [1.29, 1.82) is 0 Å². The molecule has 0 N–H and O–H groups in total. The molecule has 1 spiro atoms.